The summed E-state index contributed by atoms with van der Waals surface area (Å²) in [5.41, 5.74) is -0.317. The van der Waals surface area contributed by atoms with Gasteiger partial charge in [-0.3, -0.25) is 4.98 Å². The van der Waals surface area contributed by atoms with E-state index in [9.17, 15) is 18.0 Å². The maximum Gasteiger partial charge on any atom is 0.322 e. The van der Waals surface area contributed by atoms with Gasteiger partial charge in [-0.15, -0.1) is 0 Å². The number of rotatable bonds is 3. The number of hydrogen-bond donors (Lipinski definition) is 1. The van der Waals surface area contributed by atoms with Crippen LogP contribution in [0.3, 0.4) is 0 Å². The Morgan fingerprint density at radius 3 is 2.76 bits per heavy atom. The lowest BCUT2D eigenvalue weighted by Crippen LogP contribution is -2.44. The highest BCUT2D eigenvalue weighted by atomic mass is 19.3. The van der Waals surface area contributed by atoms with E-state index in [-0.39, 0.29) is 18.3 Å². The molecule has 11 heteroatoms. The molecular formula is C18H15F3N6O2. The number of pyridine rings is 1. The Kier molecular flexibility index (Phi) is 4.87. The molecule has 0 saturated heterocycles. The van der Waals surface area contributed by atoms with Gasteiger partial charge in [0.25, 0.3) is 6.43 Å². The molecule has 0 aromatic carbocycles. The van der Waals surface area contributed by atoms with Crippen LogP contribution in [-0.2, 0) is 13.0 Å². The third-order valence-corrected chi connectivity index (χ3v) is 4.61. The van der Waals surface area contributed by atoms with Gasteiger partial charge in [0.1, 0.15) is 11.5 Å². The van der Waals surface area contributed by atoms with Crippen LogP contribution in [0.25, 0.3) is 11.5 Å². The van der Waals surface area contributed by atoms with Gasteiger partial charge in [0.15, 0.2) is 17.3 Å². The number of carbonyl (C=O) groups excluding carboxylic acids is 1. The van der Waals surface area contributed by atoms with Crippen LogP contribution in [0.5, 0.6) is 0 Å². The molecular weight excluding hydrogens is 389 g/mol. The summed E-state index contributed by atoms with van der Waals surface area (Å²) in [4.78, 5) is 25.8. The van der Waals surface area contributed by atoms with E-state index in [0.717, 1.165) is 12.3 Å². The normalized spacial score (nSPS) is 16.0. The van der Waals surface area contributed by atoms with Crippen molar-refractivity contribution in [3.63, 3.8) is 0 Å². The average molecular weight is 404 g/mol. The third-order valence-electron chi connectivity index (χ3n) is 4.61. The highest BCUT2D eigenvalue weighted by Gasteiger charge is 2.33. The van der Waals surface area contributed by atoms with Crippen molar-refractivity contribution in [3.05, 3.63) is 53.6 Å². The van der Waals surface area contributed by atoms with Gasteiger partial charge in [-0.2, -0.15) is 0 Å². The summed E-state index contributed by atoms with van der Waals surface area (Å²) in [5.74, 6) is -0.294. The number of nitrogens with zero attached hydrogens (tertiary/aromatic N) is 5. The molecule has 0 aliphatic carbocycles. The molecule has 1 atom stereocenters. The Bertz CT molecular complexity index is 1040. The molecule has 1 aliphatic rings. The lowest BCUT2D eigenvalue weighted by atomic mass is 10.0. The highest BCUT2D eigenvalue weighted by Crippen LogP contribution is 2.31. The van der Waals surface area contributed by atoms with E-state index in [0.29, 0.717) is 29.3 Å². The molecule has 0 fully saturated rings. The number of anilines is 1. The second-order valence-electron chi connectivity index (χ2n) is 6.47. The Labute approximate surface area is 162 Å². The van der Waals surface area contributed by atoms with Crippen molar-refractivity contribution in [3.8, 4) is 11.5 Å². The Morgan fingerprint density at radius 2 is 2.03 bits per heavy atom. The number of nitrogens with one attached hydrogen (secondary N) is 1. The van der Waals surface area contributed by atoms with Gasteiger partial charge < -0.3 is 14.7 Å². The highest BCUT2D eigenvalue weighted by molar-refractivity contribution is 5.90. The fourth-order valence-electron chi connectivity index (χ4n) is 3.14. The number of carbonyl (C=O) groups is 1. The lowest BCUT2D eigenvalue weighted by molar-refractivity contribution is 0.140. The molecule has 150 valence electrons. The second kappa shape index (κ2) is 7.49. The molecule has 3 aromatic rings. The summed E-state index contributed by atoms with van der Waals surface area (Å²) in [6, 6.07) is 1.85. The summed E-state index contributed by atoms with van der Waals surface area (Å²) >= 11 is 0. The van der Waals surface area contributed by atoms with Crippen molar-refractivity contribution in [1.82, 2.24) is 25.0 Å². The van der Waals surface area contributed by atoms with Crippen molar-refractivity contribution < 1.29 is 22.5 Å². The summed E-state index contributed by atoms with van der Waals surface area (Å²) in [6.45, 7) is 1.91. The first-order chi connectivity index (χ1) is 14.0. The zero-order valence-electron chi connectivity index (χ0n) is 15.1. The predicted molar refractivity (Wildman–Crippen MR) is 94.4 cm³/mol. The van der Waals surface area contributed by atoms with Crippen molar-refractivity contribution in [2.45, 2.75) is 32.4 Å². The smallest absolute Gasteiger partial charge is 0.322 e. The first-order valence-electron chi connectivity index (χ1n) is 8.70. The minimum absolute atomic E-state index is 0.119. The molecule has 29 heavy (non-hydrogen) atoms. The van der Waals surface area contributed by atoms with Crippen molar-refractivity contribution in [2.75, 3.05) is 5.32 Å². The third kappa shape index (κ3) is 3.50. The number of halogens is 3. The molecule has 4 heterocycles. The van der Waals surface area contributed by atoms with Crippen LogP contribution in [-0.4, -0.2) is 37.1 Å². The molecule has 4 rings (SSSR count). The van der Waals surface area contributed by atoms with Gasteiger partial charge in [-0.05, 0) is 19.1 Å². The van der Waals surface area contributed by atoms with Crippen LogP contribution in [0.1, 0.15) is 30.4 Å². The van der Waals surface area contributed by atoms with Crippen molar-refractivity contribution in [1.29, 1.82) is 0 Å². The fraction of sp³-hybridized carbons (Fsp3) is 0.278. The molecule has 8 nitrogen and oxygen atoms in total. The quantitative estimate of drug-likeness (QED) is 0.717. The predicted octanol–water partition coefficient (Wildman–Crippen LogP) is 3.58. The number of fused-ring (bicyclic) bond motifs is 1. The SMILES string of the molecule is C[C@H]1Cc2onc(-c3ncccn3)c2CN1C(=O)Nc1ccnc(C(F)F)c1F. The topological polar surface area (TPSA) is 97.0 Å². The van der Waals surface area contributed by atoms with Crippen LogP contribution in [0, 0.1) is 5.82 Å². The number of aromatic nitrogens is 4. The maximum absolute atomic E-state index is 14.2. The molecule has 1 N–H and O–H groups in total. The van der Waals surface area contributed by atoms with E-state index < -0.39 is 24.0 Å². The zero-order chi connectivity index (χ0) is 20.5. The summed E-state index contributed by atoms with van der Waals surface area (Å²) in [7, 11) is 0. The number of urea groups is 1. The lowest BCUT2D eigenvalue weighted by Gasteiger charge is -2.32. The second-order valence-corrected chi connectivity index (χ2v) is 6.47. The van der Waals surface area contributed by atoms with Gasteiger partial charge in [0.05, 0.1) is 12.2 Å². The van der Waals surface area contributed by atoms with Crippen LogP contribution in [0.2, 0.25) is 0 Å². The van der Waals surface area contributed by atoms with Crippen LogP contribution < -0.4 is 5.32 Å². The van der Waals surface area contributed by atoms with Gasteiger partial charge >= 0.3 is 6.03 Å². The molecule has 0 unspecified atom stereocenters. The molecule has 0 radical (unpaired) electrons. The largest absolute Gasteiger partial charge is 0.360 e. The minimum atomic E-state index is -3.09. The van der Waals surface area contributed by atoms with E-state index >= 15 is 0 Å². The van der Waals surface area contributed by atoms with Gasteiger partial charge in [0, 0.05) is 36.6 Å². The van der Waals surface area contributed by atoms with E-state index in [1.165, 1.54) is 4.90 Å². The van der Waals surface area contributed by atoms with Crippen molar-refractivity contribution >= 4 is 11.7 Å². The molecule has 1 aliphatic heterocycles. The molecule has 0 saturated carbocycles. The molecule has 0 spiro atoms. The Morgan fingerprint density at radius 1 is 1.28 bits per heavy atom. The van der Waals surface area contributed by atoms with Crippen LogP contribution in [0.4, 0.5) is 23.7 Å². The molecule has 2 amide bonds. The van der Waals surface area contributed by atoms with Gasteiger partial charge in [0.2, 0.25) is 0 Å². The van der Waals surface area contributed by atoms with Gasteiger partial charge in [-0.25, -0.2) is 27.9 Å². The Hall–Kier alpha value is -3.50. The monoisotopic (exact) mass is 404 g/mol. The maximum atomic E-state index is 14.2. The van der Waals surface area contributed by atoms with E-state index in [2.05, 4.69) is 25.4 Å². The van der Waals surface area contributed by atoms with Crippen LogP contribution >= 0.6 is 0 Å². The molecule has 3 aromatic heterocycles. The summed E-state index contributed by atoms with van der Waals surface area (Å²) < 4.78 is 45.3. The minimum Gasteiger partial charge on any atom is -0.360 e. The first kappa shape index (κ1) is 18.8. The number of amides is 2. The van der Waals surface area contributed by atoms with Gasteiger partial charge in [-0.1, -0.05) is 5.16 Å². The first-order valence-corrected chi connectivity index (χ1v) is 8.70. The summed E-state index contributed by atoms with van der Waals surface area (Å²) in [5, 5.41) is 6.36. The number of hydrogen-bond acceptors (Lipinski definition) is 6. The number of alkyl halides is 2. The Balaban J connectivity index is 1.59. The fourth-order valence-corrected chi connectivity index (χ4v) is 3.14. The molecule has 0 bridgehead atoms. The van der Waals surface area contributed by atoms with Crippen LogP contribution in [0.15, 0.2) is 35.2 Å². The standard InChI is InChI=1S/C18H15F3N6O2/c1-9-7-12-10(14(26-29-12)17-23-4-2-5-24-17)8-27(9)18(28)25-11-3-6-22-15(13(11)19)16(20)21/h2-6,9,16H,7-8H2,1H3,(H,22,25,28)/t9-/m0/s1. The zero-order valence-corrected chi connectivity index (χ0v) is 15.1. The van der Waals surface area contributed by atoms with Crippen molar-refractivity contribution in [2.24, 2.45) is 0 Å². The average Bonchev–Trinajstić information content (AvgIpc) is 3.12. The van der Waals surface area contributed by atoms with E-state index in [1.54, 1.807) is 25.4 Å². The van der Waals surface area contributed by atoms with E-state index in [4.69, 9.17) is 4.52 Å². The summed E-state index contributed by atoms with van der Waals surface area (Å²) in [6.07, 6.45) is 1.43. The van der Waals surface area contributed by atoms with E-state index in [1.807, 2.05) is 0 Å².